The lowest BCUT2D eigenvalue weighted by Gasteiger charge is -2.27. The third-order valence-corrected chi connectivity index (χ3v) is 7.17. The SMILES string of the molecule is COc1ccc(C(=O)N2CC(CN)CC2C)cc1S(=O)(=O)N1CCOCC1.Cl. The van der Waals surface area contributed by atoms with Gasteiger partial charge in [0.05, 0.1) is 20.3 Å². The summed E-state index contributed by atoms with van der Waals surface area (Å²) in [4.78, 5) is 14.8. The van der Waals surface area contributed by atoms with E-state index in [4.69, 9.17) is 15.2 Å². The Balaban J connectivity index is 0.00000280. The largest absolute Gasteiger partial charge is 0.495 e. The number of nitrogens with zero attached hydrogens (tertiary/aromatic N) is 2. The molecule has 28 heavy (non-hydrogen) atoms. The summed E-state index contributed by atoms with van der Waals surface area (Å²) >= 11 is 0. The van der Waals surface area contributed by atoms with E-state index < -0.39 is 10.0 Å². The molecule has 2 heterocycles. The first-order valence-electron chi connectivity index (χ1n) is 9.15. The fourth-order valence-electron chi connectivity index (χ4n) is 3.70. The van der Waals surface area contributed by atoms with E-state index in [1.807, 2.05) is 6.92 Å². The average molecular weight is 434 g/mol. The van der Waals surface area contributed by atoms with Crippen molar-refractivity contribution in [2.45, 2.75) is 24.3 Å². The number of likely N-dealkylation sites (tertiary alicyclic amines) is 1. The van der Waals surface area contributed by atoms with Crippen molar-refractivity contribution in [2.24, 2.45) is 11.7 Å². The van der Waals surface area contributed by atoms with E-state index in [9.17, 15) is 13.2 Å². The molecule has 2 fully saturated rings. The number of sulfonamides is 1. The first-order valence-corrected chi connectivity index (χ1v) is 10.6. The van der Waals surface area contributed by atoms with Crippen LogP contribution in [0.25, 0.3) is 0 Å². The van der Waals surface area contributed by atoms with Gasteiger partial charge in [0.1, 0.15) is 10.6 Å². The summed E-state index contributed by atoms with van der Waals surface area (Å²) in [6.07, 6.45) is 0.858. The highest BCUT2D eigenvalue weighted by Gasteiger charge is 2.34. The Kier molecular flexibility index (Phi) is 7.69. The summed E-state index contributed by atoms with van der Waals surface area (Å²) in [5, 5.41) is 0. The van der Waals surface area contributed by atoms with Crippen LogP contribution >= 0.6 is 12.4 Å². The van der Waals surface area contributed by atoms with Crippen LogP contribution in [0.15, 0.2) is 23.1 Å². The fraction of sp³-hybridized carbons (Fsp3) is 0.611. The molecule has 2 atom stereocenters. The zero-order valence-electron chi connectivity index (χ0n) is 16.2. The Labute approximate surface area is 172 Å². The number of amides is 1. The predicted octanol–water partition coefficient (Wildman–Crippen LogP) is 0.947. The summed E-state index contributed by atoms with van der Waals surface area (Å²) < 4.78 is 38.0. The van der Waals surface area contributed by atoms with Crippen LogP contribution in [0.2, 0.25) is 0 Å². The number of carbonyl (C=O) groups excluding carboxylic acids is 1. The van der Waals surface area contributed by atoms with Crippen molar-refractivity contribution in [3.05, 3.63) is 23.8 Å². The third-order valence-electron chi connectivity index (χ3n) is 5.25. The van der Waals surface area contributed by atoms with Crippen molar-refractivity contribution in [3.63, 3.8) is 0 Å². The Morgan fingerprint density at radius 3 is 2.57 bits per heavy atom. The monoisotopic (exact) mass is 433 g/mol. The summed E-state index contributed by atoms with van der Waals surface area (Å²) in [5.41, 5.74) is 6.09. The fourth-order valence-corrected chi connectivity index (χ4v) is 5.29. The molecule has 8 nitrogen and oxygen atoms in total. The number of ether oxygens (including phenoxy) is 2. The molecule has 2 aliphatic heterocycles. The molecule has 0 aliphatic carbocycles. The Morgan fingerprint density at radius 1 is 1.32 bits per heavy atom. The summed E-state index contributed by atoms with van der Waals surface area (Å²) in [7, 11) is -2.36. The number of halogens is 1. The summed E-state index contributed by atoms with van der Waals surface area (Å²) in [5.74, 6) is 0.325. The van der Waals surface area contributed by atoms with E-state index in [1.165, 1.54) is 17.5 Å². The predicted molar refractivity (Wildman–Crippen MR) is 107 cm³/mol. The van der Waals surface area contributed by atoms with E-state index in [0.717, 1.165) is 6.42 Å². The molecule has 2 aliphatic rings. The molecular weight excluding hydrogens is 406 g/mol. The van der Waals surface area contributed by atoms with Gasteiger partial charge in [0, 0.05) is 31.2 Å². The first-order chi connectivity index (χ1) is 12.9. The van der Waals surface area contributed by atoms with Gasteiger partial charge in [0.2, 0.25) is 10.0 Å². The lowest BCUT2D eigenvalue weighted by molar-refractivity contribution is 0.0728. The number of nitrogens with two attached hydrogens (primary N) is 1. The molecule has 1 amide bonds. The van der Waals surface area contributed by atoms with Crippen LogP contribution in [0.3, 0.4) is 0 Å². The van der Waals surface area contributed by atoms with Crippen molar-refractivity contribution in [3.8, 4) is 5.75 Å². The van der Waals surface area contributed by atoms with Gasteiger partial charge in [0.25, 0.3) is 5.91 Å². The van der Waals surface area contributed by atoms with Crippen molar-refractivity contribution in [1.29, 1.82) is 0 Å². The summed E-state index contributed by atoms with van der Waals surface area (Å²) in [6, 6.07) is 4.66. The van der Waals surface area contributed by atoms with E-state index in [0.29, 0.717) is 31.9 Å². The Hall–Kier alpha value is -1.39. The van der Waals surface area contributed by atoms with Gasteiger partial charge in [-0.25, -0.2) is 8.42 Å². The van der Waals surface area contributed by atoms with Crippen molar-refractivity contribution >= 4 is 28.3 Å². The quantitative estimate of drug-likeness (QED) is 0.741. The molecule has 158 valence electrons. The Morgan fingerprint density at radius 2 is 2.00 bits per heavy atom. The molecule has 0 saturated carbocycles. The molecule has 0 bridgehead atoms. The minimum atomic E-state index is -3.78. The summed E-state index contributed by atoms with van der Waals surface area (Å²) in [6.45, 7) is 4.39. The molecule has 2 saturated heterocycles. The smallest absolute Gasteiger partial charge is 0.254 e. The number of rotatable bonds is 5. The number of hydrogen-bond acceptors (Lipinski definition) is 6. The molecule has 1 aromatic carbocycles. The maximum Gasteiger partial charge on any atom is 0.254 e. The minimum Gasteiger partial charge on any atom is -0.495 e. The van der Waals surface area contributed by atoms with Gasteiger partial charge in [-0.15, -0.1) is 12.4 Å². The number of benzene rings is 1. The van der Waals surface area contributed by atoms with Crippen LogP contribution in [0, 0.1) is 5.92 Å². The molecular formula is C18H28ClN3O5S. The normalized spacial score (nSPS) is 23.3. The number of morpholine rings is 1. The molecule has 0 radical (unpaired) electrons. The van der Waals surface area contributed by atoms with Gasteiger partial charge in [-0.2, -0.15) is 4.31 Å². The lowest BCUT2D eigenvalue weighted by Crippen LogP contribution is -2.41. The second-order valence-electron chi connectivity index (χ2n) is 7.03. The first kappa shape index (κ1) is 22.9. The van der Waals surface area contributed by atoms with E-state index in [2.05, 4.69) is 0 Å². The van der Waals surface area contributed by atoms with Crippen LogP contribution < -0.4 is 10.5 Å². The zero-order valence-corrected chi connectivity index (χ0v) is 17.8. The van der Waals surface area contributed by atoms with Crippen molar-refractivity contribution in [2.75, 3.05) is 46.5 Å². The van der Waals surface area contributed by atoms with Gasteiger partial charge in [-0.05, 0) is 44.0 Å². The average Bonchev–Trinajstić information content (AvgIpc) is 3.08. The van der Waals surface area contributed by atoms with E-state index in [1.54, 1.807) is 17.0 Å². The van der Waals surface area contributed by atoms with Gasteiger partial charge >= 0.3 is 0 Å². The second kappa shape index (κ2) is 9.41. The third kappa shape index (κ3) is 4.44. The van der Waals surface area contributed by atoms with Crippen molar-refractivity contribution < 1.29 is 22.7 Å². The number of hydrogen-bond donors (Lipinski definition) is 1. The second-order valence-corrected chi connectivity index (χ2v) is 8.93. The Bertz CT molecular complexity index is 798. The maximum atomic E-state index is 13.1. The van der Waals surface area contributed by atoms with Gasteiger partial charge in [0.15, 0.2) is 0 Å². The van der Waals surface area contributed by atoms with Crippen LogP contribution in [-0.4, -0.2) is 76.1 Å². The molecule has 10 heteroatoms. The van der Waals surface area contributed by atoms with E-state index in [-0.39, 0.29) is 54.0 Å². The molecule has 0 aromatic heterocycles. The standard InChI is InChI=1S/C18H27N3O5S.ClH/c1-13-9-14(11-19)12-21(13)18(22)15-3-4-16(25-2)17(10-15)27(23,24)20-5-7-26-8-6-20;/h3-4,10,13-14H,5-9,11-12,19H2,1-2H3;1H. The zero-order chi connectivity index (χ0) is 19.6. The van der Waals surface area contributed by atoms with Gasteiger partial charge in [-0.1, -0.05) is 0 Å². The van der Waals surface area contributed by atoms with Crippen LogP contribution in [0.5, 0.6) is 5.75 Å². The molecule has 3 rings (SSSR count). The van der Waals surface area contributed by atoms with Gasteiger partial charge < -0.3 is 20.1 Å². The topological polar surface area (TPSA) is 102 Å². The number of methoxy groups -OCH3 is 1. The molecule has 0 spiro atoms. The van der Waals surface area contributed by atoms with Crippen LogP contribution in [-0.2, 0) is 14.8 Å². The molecule has 1 aromatic rings. The highest BCUT2D eigenvalue weighted by molar-refractivity contribution is 7.89. The highest BCUT2D eigenvalue weighted by Crippen LogP contribution is 2.30. The van der Waals surface area contributed by atoms with Gasteiger partial charge in [-0.3, -0.25) is 4.79 Å². The van der Waals surface area contributed by atoms with Crippen LogP contribution in [0.4, 0.5) is 0 Å². The number of carbonyl (C=O) groups is 1. The van der Waals surface area contributed by atoms with Crippen molar-refractivity contribution in [1.82, 2.24) is 9.21 Å². The lowest BCUT2D eigenvalue weighted by atomic mass is 10.1. The highest BCUT2D eigenvalue weighted by atomic mass is 35.5. The molecule has 2 unspecified atom stereocenters. The minimum absolute atomic E-state index is 0. The molecule has 2 N–H and O–H groups in total. The van der Waals surface area contributed by atoms with E-state index >= 15 is 0 Å². The maximum absolute atomic E-state index is 13.1. The van der Waals surface area contributed by atoms with Crippen LogP contribution in [0.1, 0.15) is 23.7 Å².